The van der Waals surface area contributed by atoms with Gasteiger partial charge in [-0.25, -0.2) is 0 Å². The van der Waals surface area contributed by atoms with Crippen LogP contribution in [-0.4, -0.2) is 17.9 Å². The Morgan fingerprint density at radius 3 is 2.61 bits per heavy atom. The molecule has 0 saturated heterocycles. The van der Waals surface area contributed by atoms with Crippen LogP contribution in [0.5, 0.6) is 0 Å². The molecule has 2 heteroatoms. The summed E-state index contributed by atoms with van der Waals surface area (Å²) >= 11 is 0. The van der Waals surface area contributed by atoms with Crippen LogP contribution in [-0.2, 0) is 4.79 Å². The summed E-state index contributed by atoms with van der Waals surface area (Å²) in [5.74, 6) is 0.592. The number of hydrogen-bond donors (Lipinski definition) is 0. The molecule has 0 fully saturated rings. The van der Waals surface area contributed by atoms with E-state index in [9.17, 15) is 4.79 Å². The maximum absolute atomic E-state index is 12.1. The van der Waals surface area contributed by atoms with Crippen molar-refractivity contribution in [2.45, 2.75) is 38.0 Å². The molecule has 2 nitrogen and oxygen atoms in total. The zero-order valence-corrected chi connectivity index (χ0v) is 10.9. The van der Waals surface area contributed by atoms with E-state index < -0.39 is 0 Å². The fourth-order valence-corrected chi connectivity index (χ4v) is 3.26. The molecule has 1 heterocycles. The number of amides is 1. The summed E-state index contributed by atoms with van der Waals surface area (Å²) in [6, 6.07) is 10.5. The first-order valence-electron chi connectivity index (χ1n) is 6.81. The van der Waals surface area contributed by atoms with Gasteiger partial charge in [0.15, 0.2) is 0 Å². The number of nitrogens with zero attached hydrogens (tertiary/aromatic N) is 1. The van der Waals surface area contributed by atoms with Gasteiger partial charge >= 0.3 is 0 Å². The number of rotatable bonds is 1. The predicted octanol–water partition coefficient (Wildman–Crippen LogP) is 3.46. The normalized spacial score (nSPS) is 24.2. The minimum Gasteiger partial charge on any atom is -0.319 e. The molecule has 1 amide bonds. The highest BCUT2D eigenvalue weighted by molar-refractivity contribution is 5.81. The fourth-order valence-electron chi connectivity index (χ4n) is 3.26. The minimum absolute atomic E-state index is 0.268. The van der Waals surface area contributed by atoms with Gasteiger partial charge in [-0.15, -0.1) is 0 Å². The Kier molecular flexibility index (Phi) is 2.94. The van der Waals surface area contributed by atoms with Crippen molar-refractivity contribution in [3.63, 3.8) is 0 Å². The molecule has 0 N–H and O–H groups in total. The molecule has 1 aliphatic heterocycles. The maximum atomic E-state index is 12.1. The van der Waals surface area contributed by atoms with E-state index in [2.05, 4.69) is 24.3 Å². The summed E-state index contributed by atoms with van der Waals surface area (Å²) in [4.78, 5) is 14.0. The SMILES string of the molecule is CN1C(=O)CC(c2ccccc2)C2=C1CCCC2. The van der Waals surface area contributed by atoms with Gasteiger partial charge in [-0.1, -0.05) is 30.3 Å². The van der Waals surface area contributed by atoms with Crippen LogP contribution < -0.4 is 0 Å². The third kappa shape index (κ3) is 1.86. The molecule has 3 rings (SSSR count). The first-order chi connectivity index (χ1) is 8.77. The second-order valence-corrected chi connectivity index (χ2v) is 5.30. The molecule has 18 heavy (non-hydrogen) atoms. The number of carbonyl (C=O) groups is 1. The highest BCUT2D eigenvalue weighted by Gasteiger charge is 2.33. The van der Waals surface area contributed by atoms with Crippen molar-refractivity contribution in [1.82, 2.24) is 4.90 Å². The Balaban J connectivity index is 2.04. The van der Waals surface area contributed by atoms with Gasteiger partial charge in [0, 0.05) is 25.1 Å². The highest BCUT2D eigenvalue weighted by Crippen LogP contribution is 2.42. The third-order valence-corrected chi connectivity index (χ3v) is 4.26. The topological polar surface area (TPSA) is 20.3 Å². The van der Waals surface area contributed by atoms with Crippen molar-refractivity contribution < 1.29 is 4.79 Å². The van der Waals surface area contributed by atoms with Crippen molar-refractivity contribution >= 4 is 5.91 Å². The summed E-state index contributed by atoms with van der Waals surface area (Å²) in [6.45, 7) is 0. The van der Waals surface area contributed by atoms with E-state index in [1.807, 2.05) is 18.0 Å². The molecule has 0 aromatic heterocycles. The minimum atomic E-state index is 0.268. The molecule has 0 saturated carbocycles. The molecule has 0 radical (unpaired) electrons. The van der Waals surface area contributed by atoms with E-state index in [-0.39, 0.29) is 5.91 Å². The van der Waals surface area contributed by atoms with Crippen molar-refractivity contribution in [1.29, 1.82) is 0 Å². The lowest BCUT2D eigenvalue weighted by molar-refractivity contribution is -0.129. The van der Waals surface area contributed by atoms with E-state index in [4.69, 9.17) is 0 Å². The predicted molar refractivity (Wildman–Crippen MR) is 72.1 cm³/mol. The number of hydrogen-bond acceptors (Lipinski definition) is 1. The molecule has 1 aliphatic carbocycles. The van der Waals surface area contributed by atoms with Gasteiger partial charge in [0.25, 0.3) is 0 Å². The molecule has 94 valence electrons. The summed E-state index contributed by atoms with van der Waals surface area (Å²) in [6.07, 6.45) is 5.36. The molecular weight excluding hydrogens is 222 g/mol. The van der Waals surface area contributed by atoms with Gasteiger partial charge in [-0.2, -0.15) is 0 Å². The summed E-state index contributed by atoms with van der Waals surface area (Å²) in [7, 11) is 1.93. The first-order valence-corrected chi connectivity index (χ1v) is 6.81. The van der Waals surface area contributed by atoms with E-state index in [0.717, 1.165) is 12.8 Å². The quantitative estimate of drug-likeness (QED) is 0.737. The molecule has 1 aromatic rings. The number of allylic oxidation sites excluding steroid dienone is 2. The van der Waals surface area contributed by atoms with Gasteiger partial charge in [0.2, 0.25) is 5.91 Å². The summed E-state index contributed by atoms with van der Waals surface area (Å²) in [5.41, 5.74) is 4.11. The Bertz CT molecular complexity index is 489. The van der Waals surface area contributed by atoms with Crippen molar-refractivity contribution in [3.8, 4) is 0 Å². The largest absolute Gasteiger partial charge is 0.319 e. The average molecular weight is 241 g/mol. The first kappa shape index (κ1) is 11.5. The van der Waals surface area contributed by atoms with E-state index >= 15 is 0 Å². The van der Waals surface area contributed by atoms with Gasteiger partial charge in [-0.3, -0.25) is 4.79 Å². The lowest BCUT2D eigenvalue weighted by atomic mass is 9.78. The van der Waals surface area contributed by atoms with Gasteiger partial charge in [0.05, 0.1) is 0 Å². The van der Waals surface area contributed by atoms with Gasteiger partial charge in [0.1, 0.15) is 0 Å². The molecule has 2 aliphatic rings. The molecule has 1 atom stereocenters. The Morgan fingerprint density at radius 1 is 1.11 bits per heavy atom. The van der Waals surface area contributed by atoms with Crippen LogP contribution in [0, 0.1) is 0 Å². The zero-order valence-electron chi connectivity index (χ0n) is 10.9. The van der Waals surface area contributed by atoms with Crippen LogP contribution in [0.15, 0.2) is 41.6 Å². The van der Waals surface area contributed by atoms with E-state index in [0.29, 0.717) is 12.3 Å². The highest BCUT2D eigenvalue weighted by atomic mass is 16.2. The van der Waals surface area contributed by atoms with E-state index in [1.54, 1.807) is 0 Å². The van der Waals surface area contributed by atoms with Crippen molar-refractivity contribution in [3.05, 3.63) is 47.2 Å². The molecular formula is C16H19NO. The smallest absolute Gasteiger partial charge is 0.227 e. The Labute approximate surface area is 108 Å². The van der Waals surface area contributed by atoms with Crippen LogP contribution >= 0.6 is 0 Å². The lowest BCUT2D eigenvalue weighted by Gasteiger charge is -2.37. The Morgan fingerprint density at radius 2 is 1.83 bits per heavy atom. The van der Waals surface area contributed by atoms with Crippen LogP contribution in [0.3, 0.4) is 0 Å². The summed E-state index contributed by atoms with van der Waals surface area (Å²) in [5, 5.41) is 0. The van der Waals surface area contributed by atoms with Crippen LogP contribution in [0.1, 0.15) is 43.6 Å². The fraction of sp³-hybridized carbons (Fsp3) is 0.438. The van der Waals surface area contributed by atoms with Gasteiger partial charge in [-0.05, 0) is 36.8 Å². The number of carbonyl (C=O) groups excluding carboxylic acids is 1. The second-order valence-electron chi connectivity index (χ2n) is 5.30. The van der Waals surface area contributed by atoms with Crippen LogP contribution in [0.4, 0.5) is 0 Å². The van der Waals surface area contributed by atoms with Crippen molar-refractivity contribution in [2.75, 3.05) is 7.05 Å². The Hall–Kier alpha value is -1.57. The van der Waals surface area contributed by atoms with Crippen LogP contribution in [0.2, 0.25) is 0 Å². The van der Waals surface area contributed by atoms with Crippen molar-refractivity contribution in [2.24, 2.45) is 0 Å². The molecule has 0 spiro atoms. The number of benzene rings is 1. The second kappa shape index (κ2) is 4.60. The molecule has 1 unspecified atom stereocenters. The van der Waals surface area contributed by atoms with Gasteiger partial charge < -0.3 is 4.90 Å². The lowest BCUT2D eigenvalue weighted by Crippen LogP contribution is -2.35. The third-order valence-electron chi connectivity index (χ3n) is 4.26. The zero-order chi connectivity index (χ0) is 12.5. The standard InChI is InChI=1S/C16H19NO/c1-17-15-10-6-5-9-13(15)14(11-16(17)18)12-7-3-2-4-8-12/h2-4,7-8,14H,5-6,9-11H2,1H3. The monoisotopic (exact) mass is 241 g/mol. The van der Waals surface area contributed by atoms with Crippen LogP contribution in [0.25, 0.3) is 0 Å². The average Bonchev–Trinajstić information content (AvgIpc) is 2.44. The van der Waals surface area contributed by atoms with E-state index in [1.165, 1.54) is 29.7 Å². The molecule has 0 bridgehead atoms. The maximum Gasteiger partial charge on any atom is 0.227 e. The molecule has 1 aromatic carbocycles. The summed E-state index contributed by atoms with van der Waals surface area (Å²) < 4.78 is 0.